The van der Waals surface area contributed by atoms with Crippen LogP contribution in [0, 0.1) is 0 Å². The average Bonchev–Trinajstić information content (AvgIpc) is 2.67. The number of aryl methyl sites for hydroxylation is 1. The molecule has 0 saturated carbocycles. The van der Waals surface area contributed by atoms with Crippen molar-refractivity contribution in [1.29, 1.82) is 0 Å². The van der Waals surface area contributed by atoms with Crippen molar-refractivity contribution in [3.05, 3.63) is 11.8 Å². The number of hydrogen-bond acceptors (Lipinski definition) is 6. The summed E-state index contributed by atoms with van der Waals surface area (Å²) >= 11 is 0. The molecule has 17 heavy (non-hydrogen) atoms. The van der Waals surface area contributed by atoms with Gasteiger partial charge in [-0.1, -0.05) is 0 Å². The van der Waals surface area contributed by atoms with Crippen LogP contribution in [0.15, 0.2) is 6.07 Å². The Bertz CT molecular complexity index is 413. The number of esters is 2. The molecule has 0 bridgehead atoms. The van der Waals surface area contributed by atoms with Crippen LogP contribution in [0.2, 0.25) is 0 Å². The molecule has 0 spiro atoms. The van der Waals surface area contributed by atoms with Crippen LogP contribution in [0.5, 0.6) is 5.88 Å². The maximum atomic E-state index is 11.3. The van der Waals surface area contributed by atoms with E-state index in [1.807, 2.05) is 0 Å². The number of ether oxygens (including phenoxy) is 3. The monoisotopic (exact) mass is 242 g/mol. The van der Waals surface area contributed by atoms with E-state index >= 15 is 0 Å². The second kappa shape index (κ2) is 5.88. The van der Waals surface area contributed by atoms with Crippen molar-refractivity contribution in [3.8, 4) is 5.88 Å². The normalized spacial score (nSPS) is 9.82. The molecular weight excluding hydrogens is 228 g/mol. The molecule has 0 radical (unpaired) electrons. The van der Waals surface area contributed by atoms with Gasteiger partial charge in [0.2, 0.25) is 5.88 Å². The Morgan fingerprint density at radius 3 is 2.76 bits per heavy atom. The van der Waals surface area contributed by atoms with Gasteiger partial charge >= 0.3 is 11.9 Å². The fourth-order valence-electron chi connectivity index (χ4n) is 1.14. The average molecular weight is 242 g/mol. The maximum absolute atomic E-state index is 11.3. The largest absolute Gasteiger partial charge is 0.465 e. The van der Waals surface area contributed by atoms with Crippen molar-refractivity contribution < 1.29 is 23.8 Å². The van der Waals surface area contributed by atoms with Crippen molar-refractivity contribution in [3.63, 3.8) is 0 Å². The number of carbonyl (C=O) groups excluding carboxylic acids is 2. The van der Waals surface area contributed by atoms with E-state index in [2.05, 4.69) is 14.6 Å². The van der Waals surface area contributed by atoms with Gasteiger partial charge in [-0.05, 0) is 6.92 Å². The molecule has 0 fully saturated rings. The van der Waals surface area contributed by atoms with Crippen molar-refractivity contribution in [2.24, 2.45) is 7.05 Å². The van der Waals surface area contributed by atoms with E-state index in [-0.39, 0.29) is 24.8 Å². The summed E-state index contributed by atoms with van der Waals surface area (Å²) in [4.78, 5) is 22.3. The quantitative estimate of drug-likeness (QED) is 0.684. The summed E-state index contributed by atoms with van der Waals surface area (Å²) in [5.74, 6) is -0.843. The smallest absolute Gasteiger partial charge is 0.356 e. The molecule has 0 amide bonds. The lowest BCUT2D eigenvalue weighted by atomic mass is 10.4. The Kier molecular flexibility index (Phi) is 4.50. The molecule has 0 atom stereocenters. The predicted molar refractivity (Wildman–Crippen MR) is 56.7 cm³/mol. The Hall–Kier alpha value is -2.05. The lowest BCUT2D eigenvalue weighted by molar-refractivity contribution is -0.145. The third-order valence-corrected chi connectivity index (χ3v) is 1.90. The van der Waals surface area contributed by atoms with E-state index in [1.165, 1.54) is 17.9 Å². The summed E-state index contributed by atoms with van der Waals surface area (Å²) < 4.78 is 15.6. The number of methoxy groups -OCH3 is 1. The molecule has 7 heteroatoms. The van der Waals surface area contributed by atoms with Crippen LogP contribution in [0.1, 0.15) is 17.4 Å². The van der Waals surface area contributed by atoms with Gasteiger partial charge in [-0.3, -0.25) is 4.68 Å². The predicted octanol–water partition coefficient (Wildman–Crippen LogP) is 0.149. The van der Waals surface area contributed by atoms with Gasteiger partial charge in [-0.2, -0.15) is 0 Å². The fraction of sp³-hybridized carbons (Fsp3) is 0.500. The second-order valence-electron chi connectivity index (χ2n) is 3.08. The zero-order valence-electron chi connectivity index (χ0n) is 9.93. The molecule has 0 aliphatic carbocycles. The molecule has 0 saturated heterocycles. The minimum atomic E-state index is -0.522. The molecular formula is C10H14N2O5. The van der Waals surface area contributed by atoms with E-state index in [4.69, 9.17) is 4.74 Å². The first-order valence-electron chi connectivity index (χ1n) is 4.99. The molecule has 94 valence electrons. The Labute approximate surface area is 98.3 Å². The summed E-state index contributed by atoms with van der Waals surface area (Å²) in [7, 11) is 2.85. The molecule has 0 aliphatic heterocycles. The summed E-state index contributed by atoms with van der Waals surface area (Å²) in [5.41, 5.74) is 0.242. The number of carbonyl (C=O) groups is 2. The Morgan fingerprint density at radius 1 is 1.47 bits per heavy atom. The third kappa shape index (κ3) is 3.47. The first-order chi connectivity index (χ1) is 8.08. The Balaban J connectivity index is 2.61. The van der Waals surface area contributed by atoms with Crippen LogP contribution in [0.3, 0.4) is 0 Å². The molecule has 1 aromatic heterocycles. The van der Waals surface area contributed by atoms with Gasteiger partial charge in [-0.25, -0.2) is 9.59 Å². The van der Waals surface area contributed by atoms with Crippen LogP contribution < -0.4 is 4.74 Å². The zero-order chi connectivity index (χ0) is 12.8. The summed E-state index contributed by atoms with van der Waals surface area (Å²) in [6.45, 7) is 1.75. The molecule has 7 nitrogen and oxygen atoms in total. The first kappa shape index (κ1) is 13.0. The summed E-state index contributed by atoms with van der Waals surface area (Å²) in [5, 5.41) is 3.90. The highest BCUT2D eigenvalue weighted by Gasteiger charge is 2.15. The van der Waals surface area contributed by atoms with Gasteiger partial charge in [0, 0.05) is 13.1 Å². The van der Waals surface area contributed by atoms with Crippen LogP contribution >= 0.6 is 0 Å². The maximum Gasteiger partial charge on any atom is 0.356 e. The van der Waals surface area contributed by atoms with Crippen molar-refractivity contribution >= 4 is 11.9 Å². The topological polar surface area (TPSA) is 79.6 Å². The van der Waals surface area contributed by atoms with E-state index in [1.54, 1.807) is 14.0 Å². The minimum absolute atomic E-state index is 0.168. The third-order valence-electron chi connectivity index (χ3n) is 1.90. The number of rotatable bonds is 5. The lowest BCUT2D eigenvalue weighted by Gasteiger charge is -2.01. The van der Waals surface area contributed by atoms with Crippen molar-refractivity contribution in [2.75, 3.05) is 20.3 Å². The highest BCUT2D eigenvalue weighted by molar-refractivity contribution is 5.87. The van der Waals surface area contributed by atoms with E-state index in [0.717, 1.165) is 0 Å². The highest BCUT2D eigenvalue weighted by atomic mass is 16.6. The second-order valence-corrected chi connectivity index (χ2v) is 3.08. The van der Waals surface area contributed by atoms with Gasteiger partial charge in [0.25, 0.3) is 0 Å². The number of nitrogens with zero attached hydrogens (tertiary/aromatic N) is 2. The SMILES string of the molecule is CCOC(=O)COc1cc(C(=O)OC)n(C)n1. The zero-order valence-corrected chi connectivity index (χ0v) is 9.93. The molecule has 0 aromatic carbocycles. The lowest BCUT2D eigenvalue weighted by Crippen LogP contribution is -2.14. The standard InChI is InChI=1S/C10H14N2O5/c1-4-16-9(13)6-17-8-5-7(10(14)15-3)12(2)11-8/h5H,4,6H2,1-3H3. The minimum Gasteiger partial charge on any atom is -0.465 e. The van der Waals surface area contributed by atoms with E-state index in [0.29, 0.717) is 0 Å². The van der Waals surface area contributed by atoms with Crippen LogP contribution in [0.25, 0.3) is 0 Å². The molecule has 0 N–H and O–H groups in total. The fourth-order valence-corrected chi connectivity index (χ4v) is 1.14. The highest BCUT2D eigenvalue weighted by Crippen LogP contribution is 2.11. The Morgan fingerprint density at radius 2 is 2.18 bits per heavy atom. The van der Waals surface area contributed by atoms with Gasteiger partial charge in [0.15, 0.2) is 6.61 Å². The van der Waals surface area contributed by atoms with Gasteiger partial charge in [0.1, 0.15) is 5.69 Å². The number of hydrogen-bond donors (Lipinski definition) is 0. The summed E-state index contributed by atoms with van der Waals surface area (Å²) in [6.07, 6.45) is 0. The van der Waals surface area contributed by atoms with Crippen LogP contribution in [-0.2, 0) is 21.3 Å². The van der Waals surface area contributed by atoms with Crippen LogP contribution in [-0.4, -0.2) is 42.0 Å². The van der Waals surface area contributed by atoms with Crippen molar-refractivity contribution in [1.82, 2.24) is 9.78 Å². The van der Waals surface area contributed by atoms with Gasteiger partial charge in [0.05, 0.1) is 13.7 Å². The molecule has 1 heterocycles. The van der Waals surface area contributed by atoms with Gasteiger partial charge in [-0.15, -0.1) is 5.10 Å². The van der Waals surface area contributed by atoms with Gasteiger partial charge < -0.3 is 14.2 Å². The van der Waals surface area contributed by atoms with Crippen LogP contribution in [0.4, 0.5) is 0 Å². The molecule has 0 aliphatic rings. The molecule has 0 unspecified atom stereocenters. The molecule has 1 rings (SSSR count). The number of aromatic nitrogens is 2. The first-order valence-corrected chi connectivity index (χ1v) is 4.99. The molecule has 1 aromatic rings. The van der Waals surface area contributed by atoms with E-state index in [9.17, 15) is 9.59 Å². The summed E-state index contributed by atoms with van der Waals surface area (Å²) in [6, 6.07) is 1.39. The van der Waals surface area contributed by atoms with Crippen molar-refractivity contribution in [2.45, 2.75) is 6.92 Å². The van der Waals surface area contributed by atoms with E-state index < -0.39 is 11.9 Å².